The number of amides is 1. The van der Waals surface area contributed by atoms with Crippen molar-refractivity contribution in [3.05, 3.63) is 58.9 Å². The predicted molar refractivity (Wildman–Crippen MR) is 73.7 cm³/mol. The van der Waals surface area contributed by atoms with E-state index in [0.717, 1.165) is 19.2 Å². The molecule has 0 aliphatic heterocycles. The molecule has 0 atom stereocenters. The van der Waals surface area contributed by atoms with Crippen LogP contribution in [0.15, 0.2) is 30.3 Å². The lowest BCUT2D eigenvalue weighted by Crippen LogP contribution is -2.13. The van der Waals surface area contributed by atoms with Gasteiger partial charge in [0, 0.05) is 11.8 Å². The van der Waals surface area contributed by atoms with Gasteiger partial charge in [-0.3, -0.25) is 4.79 Å². The van der Waals surface area contributed by atoms with Crippen molar-refractivity contribution in [3.8, 4) is 5.75 Å². The summed E-state index contributed by atoms with van der Waals surface area (Å²) in [6.45, 7) is 0. The van der Waals surface area contributed by atoms with Gasteiger partial charge in [-0.15, -0.1) is 0 Å². The molecule has 23 heavy (non-hydrogen) atoms. The van der Waals surface area contributed by atoms with Crippen molar-refractivity contribution >= 4 is 17.6 Å². The fourth-order valence-corrected chi connectivity index (χ4v) is 1.78. The van der Waals surface area contributed by atoms with Crippen LogP contribution in [0.25, 0.3) is 0 Å². The minimum absolute atomic E-state index is 0.0516. The molecule has 0 bridgehead atoms. The smallest absolute Gasteiger partial charge is 0.340 e. The van der Waals surface area contributed by atoms with Crippen LogP contribution >= 0.6 is 0 Å². The number of rotatable bonds is 3. The zero-order chi connectivity index (χ0) is 17.1. The van der Waals surface area contributed by atoms with Gasteiger partial charge in [0.2, 0.25) is 0 Å². The normalized spacial score (nSPS) is 10.3. The van der Waals surface area contributed by atoms with Crippen molar-refractivity contribution in [2.45, 2.75) is 0 Å². The van der Waals surface area contributed by atoms with E-state index in [1.165, 1.54) is 6.07 Å². The molecule has 0 saturated carbocycles. The Balaban J connectivity index is 2.26. The van der Waals surface area contributed by atoms with Crippen LogP contribution < -0.4 is 5.32 Å². The number of halogens is 3. The van der Waals surface area contributed by atoms with Gasteiger partial charge in [-0.05, 0) is 24.3 Å². The van der Waals surface area contributed by atoms with E-state index in [4.69, 9.17) is 0 Å². The second-order valence-corrected chi connectivity index (χ2v) is 4.42. The average Bonchev–Trinajstić information content (AvgIpc) is 2.50. The number of aromatic hydroxyl groups is 1. The number of phenols is 1. The van der Waals surface area contributed by atoms with Crippen LogP contribution in [0.5, 0.6) is 5.75 Å². The predicted octanol–water partition coefficient (Wildman–Crippen LogP) is 2.85. The average molecular weight is 325 g/mol. The van der Waals surface area contributed by atoms with Gasteiger partial charge in [-0.2, -0.15) is 0 Å². The molecule has 2 N–H and O–H groups in total. The summed E-state index contributed by atoms with van der Waals surface area (Å²) in [5.41, 5.74) is -0.910. The number of carbonyl (C=O) groups is 2. The van der Waals surface area contributed by atoms with Crippen LogP contribution in [0.2, 0.25) is 0 Å². The van der Waals surface area contributed by atoms with Crippen molar-refractivity contribution in [1.82, 2.24) is 0 Å². The van der Waals surface area contributed by atoms with E-state index in [0.29, 0.717) is 12.1 Å². The minimum Gasteiger partial charge on any atom is -0.507 e. The first-order valence-electron chi connectivity index (χ1n) is 6.20. The molecular formula is C15H10F3NO4. The number of hydrogen-bond donors (Lipinski definition) is 2. The highest BCUT2D eigenvalue weighted by Gasteiger charge is 2.17. The van der Waals surface area contributed by atoms with E-state index in [2.05, 4.69) is 10.1 Å². The van der Waals surface area contributed by atoms with E-state index in [-0.39, 0.29) is 11.3 Å². The Morgan fingerprint density at radius 3 is 2.26 bits per heavy atom. The number of benzene rings is 2. The van der Waals surface area contributed by atoms with E-state index in [1.54, 1.807) is 0 Å². The van der Waals surface area contributed by atoms with Crippen molar-refractivity contribution in [3.63, 3.8) is 0 Å². The molecule has 0 aliphatic carbocycles. The van der Waals surface area contributed by atoms with Gasteiger partial charge >= 0.3 is 5.97 Å². The highest BCUT2D eigenvalue weighted by atomic mass is 19.2. The third-order valence-electron chi connectivity index (χ3n) is 2.92. The molecule has 1 amide bonds. The zero-order valence-corrected chi connectivity index (χ0v) is 11.7. The minimum atomic E-state index is -1.32. The highest BCUT2D eigenvalue weighted by molar-refractivity contribution is 6.06. The fraction of sp³-hybridized carbons (Fsp3) is 0.0667. The number of anilines is 1. The molecular weight excluding hydrogens is 315 g/mol. The molecule has 0 radical (unpaired) electrons. The number of ether oxygens (including phenoxy) is 1. The molecule has 0 heterocycles. The Bertz CT molecular complexity index is 793. The van der Waals surface area contributed by atoms with Gasteiger partial charge in [0.25, 0.3) is 5.91 Å². The van der Waals surface area contributed by atoms with Gasteiger partial charge in [-0.1, -0.05) is 0 Å². The van der Waals surface area contributed by atoms with Crippen molar-refractivity contribution in [2.75, 3.05) is 12.4 Å². The van der Waals surface area contributed by atoms with Crippen LogP contribution in [0.1, 0.15) is 20.7 Å². The van der Waals surface area contributed by atoms with E-state index < -0.39 is 40.6 Å². The monoisotopic (exact) mass is 325 g/mol. The molecule has 5 nitrogen and oxygen atoms in total. The molecule has 0 saturated heterocycles. The largest absolute Gasteiger partial charge is 0.507 e. The maximum Gasteiger partial charge on any atom is 0.340 e. The first-order valence-corrected chi connectivity index (χ1v) is 6.20. The number of phenolic OH excluding ortho intramolecular Hbond substituents is 1. The first kappa shape index (κ1) is 16.3. The van der Waals surface area contributed by atoms with E-state index >= 15 is 0 Å². The molecule has 0 unspecified atom stereocenters. The third kappa shape index (κ3) is 3.42. The molecule has 2 aromatic carbocycles. The summed E-state index contributed by atoms with van der Waals surface area (Å²) in [6.07, 6.45) is 0. The van der Waals surface area contributed by atoms with Crippen LogP contribution in [-0.2, 0) is 4.74 Å². The number of methoxy groups -OCH3 is 1. The lowest BCUT2D eigenvalue weighted by molar-refractivity contribution is 0.0595. The molecule has 8 heteroatoms. The number of nitrogens with one attached hydrogen (secondary N) is 1. The summed E-state index contributed by atoms with van der Waals surface area (Å²) in [5, 5.41) is 11.7. The summed E-state index contributed by atoms with van der Waals surface area (Å²) < 4.78 is 44.1. The quantitative estimate of drug-likeness (QED) is 0.851. The Morgan fingerprint density at radius 1 is 1.00 bits per heavy atom. The molecule has 0 aliphatic rings. The van der Waals surface area contributed by atoms with Gasteiger partial charge < -0.3 is 15.2 Å². The molecule has 0 fully saturated rings. The summed E-state index contributed by atoms with van der Waals surface area (Å²) >= 11 is 0. The van der Waals surface area contributed by atoms with E-state index in [9.17, 15) is 27.9 Å². The Kier molecular flexibility index (Phi) is 4.54. The molecule has 120 valence electrons. The molecule has 0 spiro atoms. The number of hydrogen-bond acceptors (Lipinski definition) is 4. The van der Waals surface area contributed by atoms with Crippen LogP contribution in [0.3, 0.4) is 0 Å². The van der Waals surface area contributed by atoms with Crippen LogP contribution in [0, 0.1) is 17.5 Å². The van der Waals surface area contributed by atoms with E-state index in [1.807, 2.05) is 0 Å². The van der Waals surface area contributed by atoms with Crippen molar-refractivity contribution in [2.24, 2.45) is 0 Å². The lowest BCUT2D eigenvalue weighted by Gasteiger charge is -2.09. The van der Waals surface area contributed by atoms with Crippen molar-refractivity contribution in [1.29, 1.82) is 0 Å². The summed E-state index contributed by atoms with van der Waals surface area (Å²) in [5.74, 6) is -6.21. The van der Waals surface area contributed by atoms with Crippen LogP contribution in [-0.4, -0.2) is 24.1 Å². The Hall–Kier alpha value is -3.03. The fourth-order valence-electron chi connectivity index (χ4n) is 1.78. The van der Waals surface area contributed by atoms with Gasteiger partial charge in [0.1, 0.15) is 11.6 Å². The SMILES string of the molecule is COC(=O)c1ccc(NC(=O)c2cc(F)c(F)cc2O)cc1F. The maximum absolute atomic E-state index is 13.7. The Labute approximate surface area is 128 Å². The zero-order valence-electron chi connectivity index (χ0n) is 11.7. The lowest BCUT2D eigenvalue weighted by atomic mass is 10.1. The molecule has 2 aromatic rings. The second kappa shape index (κ2) is 6.39. The van der Waals surface area contributed by atoms with Crippen molar-refractivity contribution < 1.29 is 32.6 Å². The summed E-state index contributed by atoms with van der Waals surface area (Å²) in [7, 11) is 1.09. The molecule has 2 rings (SSSR count). The Morgan fingerprint density at radius 2 is 1.65 bits per heavy atom. The first-order chi connectivity index (χ1) is 10.8. The van der Waals surface area contributed by atoms with Gasteiger partial charge in [0.05, 0.1) is 18.2 Å². The third-order valence-corrected chi connectivity index (χ3v) is 2.92. The maximum atomic E-state index is 13.7. The number of esters is 1. The second-order valence-electron chi connectivity index (χ2n) is 4.42. The van der Waals surface area contributed by atoms with Gasteiger partial charge in [-0.25, -0.2) is 18.0 Å². The van der Waals surface area contributed by atoms with Gasteiger partial charge in [0.15, 0.2) is 11.6 Å². The highest BCUT2D eigenvalue weighted by Crippen LogP contribution is 2.23. The summed E-state index contributed by atoms with van der Waals surface area (Å²) in [6, 6.07) is 4.11. The standard InChI is InChI=1S/C15H10F3NO4/c1-23-15(22)8-3-2-7(4-10(8)16)19-14(21)9-5-11(17)12(18)6-13(9)20/h2-6,20H,1H3,(H,19,21). The topological polar surface area (TPSA) is 75.6 Å². The number of carbonyl (C=O) groups excluding carboxylic acids is 2. The molecule has 0 aromatic heterocycles. The summed E-state index contributed by atoms with van der Waals surface area (Å²) in [4.78, 5) is 23.2. The van der Waals surface area contributed by atoms with Crippen LogP contribution in [0.4, 0.5) is 18.9 Å².